The number of hydrogen-bond donors (Lipinski definition) is 1. The van der Waals surface area contributed by atoms with Gasteiger partial charge in [0.1, 0.15) is 5.54 Å². The second kappa shape index (κ2) is 7.59. The normalized spacial score (nSPS) is 30.8. The van der Waals surface area contributed by atoms with E-state index in [1.54, 1.807) is 0 Å². The van der Waals surface area contributed by atoms with Crippen LogP contribution in [0.4, 0.5) is 0 Å². The number of rotatable bonds is 6. The highest BCUT2D eigenvalue weighted by Gasteiger charge is 2.46. The fourth-order valence-electron chi connectivity index (χ4n) is 4.10. The number of hydrogen-bond acceptors (Lipinski definition) is 4. The summed E-state index contributed by atoms with van der Waals surface area (Å²) in [5.41, 5.74) is 5.67. The summed E-state index contributed by atoms with van der Waals surface area (Å²) in [6.45, 7) is 3.32. The van der Waals surface area contributed by atoms with E-state index in [2.05, 4.69) is 11.9 Å². The largest absolute Gasteiger partial charge is 0.465 e. The fraction of sp³-hybridized carbons (Fsp3) is 0.941. The van der Waals surface area contributed by atoms with Crippen molar-refractivity contribution < 1.29 is 9.53 Å². The van der Waals surface area contributed by atoms with E-state index in [0.29, 0.717) is 6.61 Å². The zero-order valence-electron chi connectivity index (χ0n) is 13.8. The van der Waals surface area contributed by atoms with Crippen LogP contribution in [0.5, 0.6) is 0 Å². The maximum absolute atomic E-state index is 12.2. The van der Waals surface area contributed by atoms with Crippen LogP contribution in [0.1, 0.15) is 64.7 Å². The van der Waals surface area contributed by atoms with Crippen LogP contribution in [0.3, 0.4) is 0 Å². The van der Waals surface area contributed by atoms with Crippen LogP contribution in [0.2, 0.25) is 0 Å². The molecule has 122 valence electrons. The van der Waals surface area contributed by atoms with Crippen LogP contribution >= 0.6 is 0 Å². The summed E-state index contributed by atoms with van der Waals surface area (Å²) >= 11 is 0. The van der Waals surface area contributed by atoms with E-state index in [-0.39, 0.29) is 11.9 Å². The van der Waals surface area contributed by atoms with Crippen molar-refractivity contribution in [2.75, 3.05) is 20.2 Å². The van der Waals surface area contributed by atoms with Crippen molar-refractivity contribution in [2.24, 2.45) is 11.7 Å². The number of nitrogens with two attached hydrogens (primary N) is 1. The minimum atomic E-state index is -0.733. The summed E-state index contributed by atoms with van der Waals surface area (Å²) in [6, 6.07) is 0.731. The highest BCUT2D eigenvalue weighted by Crippen LogP contribution is 2.37. The SMILES string of the molecule is CCOC(=O)C1(N)CCCC1CCN(C)C1CCCCC1. The molecule has 0 aromatic carbocycles. The van der Waals surface area contributed by atoms with Crippen molar-refractivity contribution in [1.82, 2.24) is 4.90 Å². The fourth-order valence-corrected chi connectivity index (χ4v) is 4.10. The highest BCUT2D eigenvalue weighted by molar-refractivity contribution is 5.81. The monoisotopic (exact) mass is 296 g/mol. The summed E-state index contributed by atoms with van der Waals surface area (Å²) in [6.07, 6.45) is 10.7. The molecular formula is C17H32N2O2. The Labute approximate surface area is 129 Å². The Morgan fingerprint density at radius 3 is 2.62 bits per heavy atom. The van der Waals surface area contributed by atoms with E-state index in [1.165, 1.54) is 32.1 Å². The Hall–Kier alpha value is -0.610. The van der Waals surface area contributed by atoms with Crippen LogP contribution in [0.15, 0.2) is 0 Å². The molecule has 2 unspecified atom stereocenters. The van der Waals surface area contributed by atoms with Gasteiger partial charge in [0, 0.05) is 6.04 Å². The van der Waals surface area contributed by atoms with Gasteiger partial charge in [0.25, 0.3) is 0 Å². The minimum absolute atomic E-state index is 0.187. The van der Waals surface area contributed by atoms with E-state index in [1.807, 2.05) is 6.92 Å². The molecular weight excluding hydrogens is 264 g/mol. The third-order valence-corrected chi connectivity index (χ3v) is 5.56. The first-order valence-corrected chi connectivity index (χ1v) is 8.74. The number of carbonyl (C=O) groups excluding carboxylic acids is 1. The molecule has 2 aliphatic carbocycles. The van der Waals surface area contributed by atoms with Crippen molar-refractivity contribution in [3.63, 3.8) is 0 Å². The van der Waals surface area contributed by atoms with Crippen LogP contribution in [0.25, 0.3) is 0 Å². The standard InChI is InChI=1S/C17H32N2O2/c1-3-21-16(20)17(18)12-7-8-14(17)11-13-19(2)15-9-5-4-6-10-15/h14-15H,3-13,18H2,1-2H3. The lowest BCUT2D eigenvalue weighted by Crippen LogP contribution is -2.52. The van der Waals surface area contributed by atoms with Crippen LogP contribution < -0.4 is 5.73 Å². The number of carbonyl (C=O) groups is 1. The molecule has 0 bridgehead atoms. The van der Waals surface area contributed by atoms with Gasteiger partial charge in [-0.25, -0.2) is 0 Å². The van der Waals surface area contributed by atoms with Gasteiger partial charge in [-0.2, -0.15) is 0 Å². The Morgan fingerprint density at radius 2 is 1.95 bits per heavy atom. The predicted molar refractivity (Wildman–Crippen MR) is 85.0 cm³/mol. The summed E-state index contributed by atoms with van der Waals surface area (Å²) in [4.78, 5) is 14.7. The van der Waals surface area contributed by atoms with Gasteiger partial charge in [0.2, 0.25) is 0 Å². The molecule has 0 amide bonds. The molecule has 0 aliphatic heterocycles. The molecule has 2 N–H and O–H groups in total. The van der Waals surface area contributed by atoms with E-state index < -0.39 is 5.54 Å². The van der Waals surface area contributed by atoms with Gasteiger partial charge < -0.3 is 15.4 Å². The van der Waals surface area contributed by atoms with Gasteiger partial charge in [-0.3, -0.25) is 4.79 Å². The molecule has 0 spiro atoms. The lowest BCUT2D eigenvalue weighted by atomic mass is 9.85. The zero-order valence-corrected chi connectivity index (χ0v) is 13.8. The van der Waals surface area contributed by atoms with Gasteiger partial charge >= 0.3 is 5.97 Å². The molecule has 2 aliphatic rings. The van der Waals surface area contributed by atoms with Crippen molar-refractivity contribution in [2.45, 2.75) is 76.3 Å². The van der Waals surface area contributed by atoms with Crippen molar-refractivity contribution in [1.29, 1.82) is 0 Å². The summed E-state index contributed by atoms with van der Waals surface area (Å²) in [5, 5.41) is 0. The Kier molecular flexibility index (Phi) is 6.06. The summed E-state index contributed by atoms with van der Waals surface area (Å²) < 4.78 is 5.20. The number of nitrogens with zero attached hydrogens (tertiary/aromatic N) is 1. The van der Waals surface area contributed by atoms with Crippen molar-refractivity contribution >= 4 is 5.97 Å². The lowest BCUT2D eigenvalue weighted by Gasteiger charge is -2.34. The Bertz CT molecular complexity index is 342. The van der Waals surface area contributed by atoms with Gasteiger partial charge in [-0.15, -0.1) is 0 Å². The Balaban J connectivity index is 1.84. The van der Waals surface area contributed by atoms with Crippen LogP contribution in [-0.2, 0) is 9.53 Å². The van der Waals surface area contributed by atoms with Gasteiger partial charge in [-0.1, -0.05) is 25.7 Å². The molecule has 0 radical (unpaired) electrons. The molecule has 4 nitrogen and oxygen atoms in total. The first kappa shape index (κ1) is 16.8. The third-order valence-electron chi connectivity index (χ3n) is 5.56. The van der Waals surface area contributed by atoms with Gasteiger partial charge in [0.05, 0.1) is 6.61 Å². The molecule has 2 atom stereocenters. The average molecular weight is 296 g/mol. The van der Waals surface area contributed by atoms with E-state index >= 15 is 0 Å². The topological polar surface area (TPSA) is 55.6 Å². The van der Waals surface area contributed by atoms with Crippen molar-refractivity contribution in [3.8, 4) is 0 Å². The maximum atomic E-state index is 12.2. The molecule has 2 rings (SSSR count). The smallest absolute Gasteiger partial charge is 0.326 e. The number of esters is 1. The van der Waals surface area contributed by atoms with Gasteiger partial charge in [-0.05, 0) is 58.5 Å². The molecule has 2 fully saturated rings. The van der Waals surface area contributed by atoms with E-state index in [4.69, 9.17) is 10.5 Å². The molecule has 21 heavy (non-hydrogen) atoms. The summed E-state index contributed by atoms with van der Waals surface area (Å²) in [7, 11) is 2.23. The lowest BCUT2D eigenvalue weighted by molar-refractivity contribution is -0.151. The quantitative estimate of drug-likeness (QED) is 0.766. The first-order chi connectivity index (χ1) is 10.1. The second-order valence-corrected chi connectivity index (χ2v) is 6.91. The average Bonchev–Trinajstić information content (AvgIpc) is 2.88. The molecule has 0 saturated heterocycles. The van der Waals surface area contributed by atoms with Crippen LogP contribution in [-0.4, -0.2) is 42.6 Å². The first-order valence-electron chi connectivity index (χ1n) is 8.74. The molecule has 4 heteroatoms. The third kappa shape index (κ3) is 3.98. The summed E-state index contributed by atoms with van der Waals surface area (Å²) in [5.74, 6) is 0.0930. The van der Waals surface area contributed by atoms with E-state index in [9.17, 15) is 4.79 Å². The number of ether oxygens (including phenoxy) is 1. The Morgan fingerprint density at radius 1 is 1.24 bits per heavy atom. The predicted octanol–water partition coefficient (Wildman–Crippen LogP) is 2.70. The van der Waals surface area contributed by atoms with E-state index in [0.717, 1.165) is 38.3 Å². The van der Waals surface area contributed by atoms with Crippen molar-refractivity contribution in [3.05, 3.63) is 0 Å². The van der Waals surface area contributed by atoms with Gasteiger partial charge in [0.15, 0.2) is 0 Å². The zero-order chi connectivity index (χ0) is 15.3. The molecule has 0 aromatic heterocycles. The maximum Gasteiger partial charge on any atom is 0.326 e. The van der Waals surface area contributed by atoms with Crippen LogP contribution in [0, 0.1) is 5.92 Å². The minimum Gasteiger partial charge on any atom is -0.465 e. The second-order valence-electron chi connectivity index (χ2n) is 6.91. The molecule has 0 heterocycles. The molecule has 2 saturated carbocycles. The molecule has 0 aromatic rings. The highest BCUT2D eigenvalue weighted by atomic mass is 16.5.